The summed E-state index contributed by atoms with van der Waals surface area (Å²) in [4.78, 5) is 25.5. The first-order valence-electron chi connectivity index (χ1n) is 10.6. The molecule has 0 saturated carbocycles. The standard InChI is InChI=1S/C25H22N4O3S/c26-14-21-20-8-4-5-9-22(20)33-25(21)28-23(30)24(31)29-27-15-17-10-12-19(13-11-17)32-16-18-6-2-1-3-7-18/h1-3,6-7,10-13,15H,4-5,8-9,16H2,(H,28,30)(H,29,31)/b27-15-. The molecule has 0 fully saturated rings. The van der Waals surface area contributed by atoms with Crippen LogP contribution in [0.5, 0.6) is 5.75 Å². The number of benzene rings is 2. The molecule has 4 rings (SSSR count). The summed E-state index contributed by atoms with van der Waals surface area (Å²) in [6, 6.07) is 19.2. The average Bonchev–Trinajstić information content (AvgIpc) is 3.21. The molecule has 0 spiro atoms. The molecule has 2 amide bonds. The fraction of sp³-hybridized carbons (Fsp3) is 0.200. The molecule has 0 unspecified atom stereocenters. The van der Waals surface area contributed by atoms with Crippen LogP contribution in [-0.4, -0.2) is 18.0 Å². The first-order valence-corrected chi connectivity index (χ1v) is 11.4. The van der Waals surface area contributed by atoms with Gasteiger partial charge < -0.3 is 10.1 Å². The third-order valence-electron chi connectivity index (χ3n) is 5.22. The zero-order valence-electron chi connectivity index (χ0n) is 17.8. The summed E-state index contributed by atoms with van der Waals surface area (Å²) in [6.07, 6.45) is 5.27. The molecule has 1 aromatic heterocycles. The lowest BCUT2D eigenvalue weighted by atomic mass is 9.96. The Morgan fingerprint density at radius 1 is 1.06 bits per heavy atom. The highest BCUT2D eigenvalue weighted by Crippen LogP contribution is 2.37. The van der Waals surface area contributed by atoms with Crippen LogP contribution in [-0.2, 0) is 29.0 Å². The number of anilines is 1. The largest absolute Gasteiger partial charge is 0.489 e. The summed E-state index contributed by atoms with van der Waals surface area (Å²) in [5, 5.41) is 16.3. The van der Waals surface area contributed by atoms with Crippen molar-refractivity contribution in [1.82, 2.24) is 5.43 Å². The van der Waals surface area contributed by atoms with Gasteiger partial charge in [-0.15, -0.1) is 11.3 Å². The van der Waals surface area contributed by atoms with E-state index in [1.54, 1.807) is 24.3 Å². The van der Waals surface area contributed by atoms with E-state index in [4.69, 9.17) is 4.74 Å². The Labute approximate surface area is 195 Å². The summed E-state index contributed by atoms with van der Waals surface area (Å²) >= 11 is 1.37. The minimum atomic E-state index is -0.899. The lowest BCUT2D eigenvalue weighted by Gasteiger charge is -2.09. The van der Waals surface area contributed by atoms with Gasteiger partial charge in [0.1, 0.15) is 23.4 Å². The number of nitrogens with one attached hydrogen (secondary N) is 2. The molecule has 1 aliphatic rings. The molecule has 2 aromatic carbocycles. The Morgan fingerprint density at radius 2 is 1.82 bits per heavy atom. The number of nitrogens with zero attached hydrogens (tertiary/aromatic N) is 2. The number of thiophene rings is 1. The van der Waals surface area contributed by atoms with Crippen LogP contribution in [0.15, 0.2) is 59.7 Å². The fourth-order valence-corrected chi connectivity index (χ4v) is 4.77. The normalized spacial score (nSPS) is 12.6. The molecule has 0 radical (unpaired) electrons. The highest BCUT2D eigenvalue weighted by molar-refractivity contribution is 7.16. The average molecular weight is 459 g/mol. The van der Waals surface area contributed by atoms with Crippen molar-refractivity contribution in [1.29, 1.82) is 5.26 Å². The SMILES string of the molecule is N#Cc1c(NC(=O)C(=O)N/N=C\c2ccc(OCc3ccccc3)cc2)sc2c1CCCC2. The quantitative estimate of drug-likeness (QED) is 0.329. The van der Waals surface area contributed by atoms with Crippen molar-refractivity contribution in [2.45, 2.75) is 32.3 Å². The second-order valence-electron chi connectivity index (χ2n) is 7.52. The van der Waals surface area contributed by atoms with Gasteiger partial charge in [0.25, 0.3) is 0 Å². The number of carbonyl (C=O) groups is 2. The maximum atomic E-state index is 12.3. The number of aryl methyl sites for hydroxylation is 1. The van der Waals surface area contributed by atoms with E-state index in [-0.39, 0.29) is 0 Å². The van der Waals surface area contributed by atoms with Crippen LogP contribution in [0.1, 0.15) is 40.0 Å². The summed E-state index contributed by atoms with van der Waals surface area (Å²) in [7, 11) is 0. The third-order valence-corrected chi connectivity index (χ3v) is 6.43. The maximum absolute atomic E-state index is 12.3. The van der Waals surface area contributed by atoms with E-state index in [0.29, 0.717) is 22.9 Å². The molecular formula is C25H22N4O3S. The van der Waals surface area contributed by atoms with Crippen molar-refractivity contribution in [3.63, 3.8) is 0 Å². The van der Waals surface area contributed by atoms with Gasteiger partial charge in [-0.05, 0) is 66.6 Å². The highest BCUT2D eigenvalue weighted by Gasteiger charge is 2.23. The number of hydrogen-bond donors (Lipinski definition) is 2. The second kappa shape index (κ2) is 10.6. The van der Waals surface area contributed by atoms with Crippen molar-refractivity contribution in [2.75, 3.05) is 5.32 Å². The fourth-order valence-electron chi connectivity index (χ4n) is 3.54. The van der Waals surface area contributed by atoms with Gasteiger partial charge in [0, 0.05) is 4.88 Å². The minimum absolute atomic E-state index is 0.430. The molecule has 0 bridgehead atoms. The number of hydrogen-bond acceptors (Lipinski definition) is 6. The monoisotopic (exact) mass is 458 g/mol. The molecule has 7 nitrogen and oxygen atoms in total. The summed E-state index contributed by atoms with van der Waals surface area (Å²) < 4.78 is 5.74. The number of nitriles is 1. The topological polar surface area (TPSA) is 104 Å². The Kier molecular flexibility index (Phi) is 7.12. The van der Waals surface area contributed by atoms with E-state index in [9.17, 15) is 14.9 Å². The Morgan fingerprint density at radius 3 is 2.58 bits per heavy atom. The first kappa shape index (κ1) is 22.2. The minimum Gasteiger partial charge on any atom is -0.489 e. The number of ether oxygens (including phenoxy) is 1. The van der Waals surface area contributed by atoms with Gasteiger partial charge in [-0.1, -0.05) is 30.3 Å². The van der Waals surface area contributed by atoms with Crippen molar-refractivity contribution < 1.29 is 14.3 Å². The van der Waals surface area contributed by atoms with E-state index >= 15 is 0 Å². The molecule has 0 atom stereocenters. The second-order valence-corrected chi connectivity index (χ2v) is 8.63. The maximum Gasteiger partial charge on any atom is 0.329 e. The van der Waals surface area contributed by atoms with Gasteiger partial charge in [0.2, 0.25) is 0 Å². The molecule has 3 aromatic rings. The Bertz CT molecular complexity index is 1210. The van der Waals surface area contributed by atoms with E-state index in [0.717, 1.165) is 47.3 Å². The van der Waals surface area contributed by atoms with Gasteiger partial charge in [-0.25, -0.2) is 5.43 Å². The number of carbonyl (C=O) groups excluding carboxylic acids is 2. The first-order chi connectivity index (χ1) is 16.1. The molecular weight excluding hydrogens is 436 g/mol. The van der Waals surface area contributed by atoms with Crippen molar-refractivity contribution in [3.8, 4) is 11.8 Å². The van der Waals surface area contributed by atoms with Gasteiger partial charge >= 0.3 is 11.8 Å². The lowest BCUT2D eigenvalue weighted by Crippen LogP contribution is -2.32. The van der Waals surface area contributed by atoms with E-state index in [2.05, 4.69) is 21.9 Å². The van der Waals surface area contributed by atoms with Gasteiger partial charge in [0.05, 0.1) is 11.8 Å². The van der Waals surface area contributed by atoms with E-state index in [1.165, 1.54) is 17.6 Å². The molecule has 1 heterocycles. The number of fused-ring (bicyclic) bond motifs is 1. The van der Waals surface area contributed by atoms with Crippen LogP contribution in [0.25, 0.3) is 0 Å². The summed E-state index contributed by atoms with van der Waals surface area (Å²) in [6.45, 7) is 0.472. The van der Waals surface area contributed by atoms with Crippen LogP contribution in [0.2, 0.25) is 0 Å². The van der Waals surface area contributed by atoms with Gasteiger partial charge in [0.15, 0.2) is 0 Å². The predicted octanol–water partition coefficient (Wildman–Crippen LogP) is 4.17. The van der Waals surface area contributed by atoms with Gasteiger partial charge in [-0.3, -0.25) is 9.59 Å². The zero-order chi connectivity index (χ0) is 23.0. The van der Waals surface area contributed by atoms with Crippen LogP contribution in [0.3, 0.4) is 0 Å². The van der Waals surface area contributed by atoms with E-state index in [1.807, 2.05) is 30.3 Å². The van der Waals surface area contributed by atoms with Gasteiger partial charge in [-0.2, -0.15) is 10.4 Å². The number of amides is 2. The number of rotatable bonds is 6. The predicted molar refractivity (Wildman–Crippen MR) is 127 cm³/mol. The molecule has 166 valence electrons. The molecule has 0 saturated heterocycles. The zero-order valence-corrected chi connectivity index (χ0v) is 18.7. The lowest BCUT2D eigenvalue weighted by molar-refractivity contribution is -0.136. The molecule has 0 aliphatic heterocycles. The van der Waals surface area contributed by atoms with Crippen LogP contribution >= 0.6 is 11.3 Å². The highest BCUT2D eigenvalue weighted by atomic mass is 32.1. The smallest absolute Gasteiger partial charge is 0.329 e. The van der Waals surface area contributed by atoms with E-state index < -0.39 is 11.8 Å². The number of hydrazone groups is 1. The van der Waals surface area contributed by atoms with Crippen molar-refractivity contribution >= 4 is 34.4 Å². The Hall–Kier alpha value is -3.96. The van der Waals surface area contributed by atoms with Crippen LogP contribution in [0.4, 0.5) is 5.00 Å². The molecule has 33 heavy (non-hydrogen) atoms. The molecule has 2 N–H and O–H groups in total. The van der Waals surface area contributed by atoms with Crippen molar-refractivity contribution in [2.24, 2.45) is 5.10 Å². The third kappa shape index (κ3) is 5.64. The summed E-state index contributed by atoms with van der Waals surface area (Å²) in [5.41, 5.74) is 5.50. The van der Waals surface area contributed by atoms with Crippen molar-refractivity contribution in [3.05, 3.63) is 81.7 Å². The van der Waals surface area contributed by atoms with Crippen LogP contribution < -0.4 is 15.5 Å². The molecule has 8 heteroatoms. The summed E-state index contributed by atoms with van der Waals surface area (Å²) in [5.74, 6) is -1.04. The Balaban J connectivity index is 1.28. The molecule has 1 aliphatic carbocycles. The van der Waals surface area contributed by atoms with Crippen LogP contribution in [0, 0.1) is 11.3 Å².